The number of amides is 2. The molecule has 2 N–H and O–H groups in total. The van der Waals surface area contributed by atoms with E-state index in [0.29, 0.717) is 11.3 Å². The van der Waals surface area contributed by atoms with Crippen molar-refractivity contribution in [2.45, 2.75) is 27.3 Å². The normalized spacial score (nSPS) is 10.7. The molecular weight excluding hydrogens is 404 g/mol. The molecule has 2 amide bonds. The molecule has 162 valence electrons. The van der Waals surface area contributed by atoms with Crippen LogP contribution in [0.15, 0.2) is 66.9 Å². The maximum atomic E-state index is 13.0. The Kier molecular flexibility index (Phi) is 5.85. The summed E-state index contributed by atoms with van der Waals surface area (Å²) in [7, 11) is 0. The lowest BCUT2D eigenvalue weighted by molar-refractivity contribution is -0.122. The monoisotopic (exact) mass is 428 g/mol. The van der Waals surface area contributed by atoms with Crippen LogP contribution >= 0.6 is 0 Å². The fraction of sp³-hybridized carbons (Fsp3) is 0.167. The van der Waals surface area contributed by atoms with Gasteiger partial charge in [-0.2, -0.15) is 10.2 Å². The first-order chi connectivity index (χ1) is 15.4. The molecule has 0 radical (unpaired) electrons. The van der Waals surface area contributed by atoms with Crippen LogP contribution in [-0.2, 0) is 11.3 Å². The van der Waals surface area contributed by atoms with E-state index >= 15 is 0 Å². The van der Waals surface area contributed by atoms with Gasteiger partial charge in [0.15, 0.2) is 0 Å². The average molecular weight is 428 g/mol. The first-order valence-corrected chi connectivity index (χ1v) is 10.2. The predicted molar refractivity (Wildman–Crippen MR) is 121 cm³/mol. The molecule has 8 nitrogen and oxygen atoms in total. The van der Waals surface area contributed by atoms with Gasteiger partial charge in [0.1, 0.15) is 12.2 Å². The van der Waals surface area contributed by atoms with E-state index in [1.165, 1.54) is 0 Å². The van der Waals surface area contributed by atoms with Crippen LogP contribution in [0.3, 0.4) is 0 Å². The summed E-state index contributed by atoms with van der Waals surface area (Å²) in [6, 6.07) is 19.2. The number of rotatable bonds is 5. The van der Waals surface area contributed by atoms with Gasteiger partial charge < -0.3 is 0 Å². The molecule has 32 heavy (non-hydrogen) atoms. The van der Waals surface area contributed by atoms with Gasteiger partial charge in [-0.15, -0.1) is 0 Å². The summed E-state index contributed by atoms with van der Waals surface area (Å²) in [5.74, 6) is -0.829. The Bertz CT molecular complexity index is 1270. The van der Waals surface area contributed by atoms with Crippen LogP contribution < -0.4 is 10.9 Å². The highest BCUT2D eigenvalue weighted by Gasteiger charge is 2.20. The second-order valence-electron chi connectivity index (χ2n) is 7.57. The summed E-state index contributed by atoms with van der Waals surface area (Å²) in [6.07, 6.45) is 1.67. The highest BCUT2D eigenvalue weighted by Crippen LogP contribution is 2.26. The second kappa shape index (κ2) is 8.89. The molecule has 8 heteroatoms. The zero-order chi connectivity index (χ0) is 22.7. The third-order valence-electron chi connectivity index (χ3n) is 5.09. The van der Waals surface area contributed by atoms with Crippen molar-refractivity contribution in [2.75, 3.05) is 0 Å². The molecule has 0 unspecified atom stereocenters. The summed E-state index contributed by atoms with van der Waals surface area (Å²) in [4.78, 5) is 25.4. The van der Waals surface area contributed by atoms with Gasteiger partial charge in [0.05, 0.1) is 16.9 Å². The lowest BCUT2D eigenvalue weighted by Gasteiger charge is -2.09. The van der Waals surface area contributed by atoms with Crippen LogP contribution in [0.1, 0.15) is 27.3 Å². The summed E-state index contributed by atoms with van der Waals surface area (Å²) >= 11 is 0. The van der Waals surface area contributed by atoms with Gasteiger partial charge in [0.25, 0.3) is 11.8 Å². The molecule has 0 bridgehead atoms. The smallest absolute Gasteiger partial charge is 0.271 e. The number of benzene rings is 2. The van der Waals surface area contributed by atoms with Gasteiger partial charge in [0, 0.05) is 17.5 Å². The summed E-state index contributed by atoms with van der Waals surface area (Å²) < 4.78 is 3.25. The van der Waals surface area contributed by atoms with Crippen molar-refractivity contribution in [3.05, 3.63) is 89.4 Å². The molecule has 0 saturated carbocycles. The molecule has 0 spiro atoms. The molecule has 0 aliphatic heterocycles. The Morgan fingerprint density at radius 3 is 2.31 bits per heavy atom. The Morgan fingerprint density at radius 2 is 1.62 bits per heavy atom. The first kappa shape index (κ1) is 21.0. The van der Waals surface area contributed by atoms with Crippen molar-refractivity contribution in [3.63, 3.8) is 0 Å². The fourth-order valence-corrected chi connectivity index (χ4v) is 3.49. The number of hydrogen-bond donors (Lipinski definition) is 2. The van der Waals surface area contributed by atoms with Gasteiger partial charge in [-0.05, 0) is 44.5 Å². The molecule has 0 aliphatic carbocycles. The van der Waals surface area contributed by atoms with E-state index in [4.69, 9.17) is 0 Å². The highest BCUT2D eigenvalue weighted by atomic mass is 16.2. The van der Waals surface area contributed by atoms with Crippen molar-refractivity contribution in [1.82, 2.24) is 30.4 Å². The second-order valence-corrected chi connectivity index (χ2v) is 7.57. The number of aryl methyl sites for hydroxylation is 3. The van der Waals surface area contributed by atoms with Crippen LogP contribution in [0.4, 0.5) is 0 Å². The number of carbonyl (C=O) groups is 2. The Morgan fingerprint density at radius 1 is 0.906 bits per heavy atom. The van der Waals surface area contributed by atoms with Crippen LogP contribution in [0.25, 0.3) is 16.9 Å². The molecule has 2 aromatic heterocycles. The first-order valence-electron chi connectivity index (χ1n) is 10.2. The molecule has 2 heterocycles. The van der Waals surface area contributed by atoms with E-state index in [1.807, 2.05) is 81.4 Å². The summed E-state index contributed by atoms with van der Waals surface area (Å²) in [6.45, 7) is 5.71. The molecule has 4 rings (SSSR count). The third kappa shape index (κ3) is 4.44. The standard InChI is InChI=1S/C24H24N6O2/c1-16-9-7-8-12-20(16)23-21(14-30(28-23)19-10-5-4-6-11-19)24(32)26-25-22(31)15-29-18(3)13-17(2)27-29/h4-14H,15H2,1-3H3,(H,25,31)(H,26,32). The number of hydrogen-bond acceptors (Lipinski definition) is 4. The minimum Gasteiger partial charge on any atom is -0.271 e. The van der Waals surface area contributed by atoms with E-state index in [9.17, 15) is 9.59 Å². The SMILES string of the molecule is Cc1cc(C)n(CC(=O)NNC(=O)c2cn(-c3ccccc3)nc2-c2ccccc2C)n1. The largest absolute Gasteiger partial charge is 0.273 e. The number of carbonyl (C=O) groups excluding carboxylic acids is 2. The number of aromatic nitrogens is 4. The Hall–Kier alpha value is -4.20. The van der Waals surface area contributed by atoms with Gasteiger partial charge in [0.2, 0.25) is 0 Å². The molecule has 0 fully saturated rings. The van der Waals surface area contributed by atoms with Crippen LogP contribution in [0.2, 0.25) is 0 Å². The molecular formula is C24H24N6O2. The Balaban J connectivity index is 1.58. The number of para-hydroxylation sites is 1. The number of nitrogens with zero attached hydrogens (tertiary/aromatic N) is 4. The van der Waals surface area contributed by atoms with Gasteiger partial charge >= 0.3 is 0 Å². The molecule has 0 saturated heterocycles. The topological polar surface area (TPSA) is 93.8 Å². The van der Waals surface area contributed by atoms with Gasteiger partial charge in [-0.3, -0.25) is 25.1 Å². The quantitative estimate of drug-likeness (QED) is 0.478. The van der Waals surface area contributed by atoms with Crippen LogP contribution in [0.5, 0.6) is 0 Å². The summed E-state index contributed by atoms with van der Waals surface area (Å²) in [5.41, 5.74) is 10.2. The average Bonchev–Trinajstić information content (AvgIpc) is 3.36. The lowest BCUT2D eigenvalue weighted by Crippen LogP contribution is -2.43. The molecule has 2 aromatic carbocycles. The van der Waals surface area contributed by atoms with Crippen molar-refractivity contribution in [1.29, 1.82) is 0 Å². The van der Waals surface area contributed by atoms with E-state index in [0.717, 1.165) is 28.2 Å². The van der Waals surface area contributed by atoms with E-state index in [2.05, 4.69) is 21.0 Å². The lowest BCUT2D eigenvalue weighted by atomic mass is 10.0. The number of hydrazine groups is 1. The molecule has 0 atom stereocenters. The van der Waals surface area contributed by atoms with Crippen molar-refractivity contribution in [3.8, 4) is 16.9 Å². The van der Waals surface area contributed by atoms with Crippen LogP contribution in [-0.4, -0.2) is 31.4 Å². The minimum atomic E-state index is -0.452. The number of nitrogens with one attached hydrogen (secondary N) is 2. The maximum Gasteiger partial charge on any atom is 0.273 e. The van der Waals surface area contributed by atoms with Crippen molar-refractivity contribution >= 4 is 11.8 Å². The Labute approximate surface area is 185 Å². The predicted octanol–water partition coefficient (Wildman–Crippen LogP) is 3.12. The van der Waals surface area contributed by atoms with E-state index < -0.39 is 5.91 Å². The summed E-state index contributed by atoms with van der Waals surface area (Å²) in [5, 5.41) is 8.94. The molecule has 4 aromatic rings. The third-order valence-corrected chi connectivity index (χ3v) is 5.09. The maximum absolute atomic E-state index is 13.0. The van der Waals surface area contributed by atoms with E-state index in [1.54, 1.807) is 15.6 Å². The van der Waals surface area contributed by atoms with Crippen molar-refractivity contribution < 1.29 is 9.59 Å². The van der Waals surface area contributed by atoms with Crippen LogP contribution in [0, 0.1) is 20.8 Å². The fourth-order valence-electron chi connectivity index (χ4n) is 3.49. The minimum absolute atomic E-state index is 0.00782. The zero-order valence-corrected chi connectivity index (χ0v) is 18.2. The van der Waals surface area contributed by atoms with Gasteiger partial charge in [-0.25, -0.2) is 4.68 Å². The highest BCUT2D eigenvalue weighted by molar-refractivity contribution is 6.00. The van der Waals surface area contributed by atoms with Crippen molar-refractivity contribution in [2.24, 2.45) is 0 Å². The zero-order valence-electron chi connectivity index (χ0n) is 18.2. The molecule has 0 aliphatic rings. The van der Waals surface area contributed by atoms with Gasteiger partial charge in [-0.1, -0.05) is 42.5 Å². The van der Waals surface area contributed by atoms with E-state index in [-0.39, 0.29) is 12.5 Å².